The molecule has 0 aliphatic heterocycles. The van der Waals surface area contributed by atoms with E-state index in [1.165, 1.54) is 0 Å². The lowest BCUT2D eigenvalue weighted by atomic mass is 10.0. The first-order chi connectivity index (χ1) is 8.89. The molecule has 0 saturated heterocycles. The summed E-state index contributed by atoms with van der Waals surface area (Å²) >= 11 is 12.2. The molecule has 0 aliphatic carbocycles. The lowest BCUT2D eigenvalue weighted by Crippen LogP contribution is -2.39. The molecule has 1 aromatic carbocycles. The van der Waals surface area contributed by atoms with Gasteiger partial charge in [-0.25, -0.2) is 0 Å². The Balaban J connectivity index is 2.73. The maximum Gasteiger partial charge on any atom is 0.0750 e. The van der Waals surface area contributed by atoms with E-state index in [-0.39, 0.29) is 11.6 Å². The molecule has 0 fully saturated rings. The van der Waals surface area contributed by atoms with E-state index in [1.54, 1.807) is 6.07 Å². The van der Waals surface area contributed by atoms with Crippen LogP contribution >= 0.6 is 23.2 Å². The first-order valence-electron chi connectivity index (χ1n) is 6.72. The van der Waals surface area contributed by atoms with Crippen LogP contribution in [-0.2, 0) is 4.74 Å². The van der Waals surface area contributed by atoms with Gasteiger partial charge in [-0.3, -0.25) is 0 Å². The van der Waals surface area contributed by atoms with Gasteiger partial charge in [0.2, 0.25) is 0 Å². The average molecular weight is 304 g/mol. The molecule has 0 aromatic heterocycles. The summed E-state index contributed by atoms with van der Waals surface area (Å²) in [5.74, 6) is 0. The minimum absolute atomic E-state index is 0.179. The molecular formula is C15H23Cl2NO. The summed E-state index contributed by atoms with van der Waals surface area (Å²) in [4.78, 5) is 0. The van der Waals surface area contributed by atoms with E-state index in [1.807, 2.05) is 19.1 Å². The lowest BCUT2D eigenvalue weighted by Gasteiger charge is -2.28. The average Bonchev–Trinajstić information content (AvgIpc) is 2.32. The van der Waals surface area contributed by atoms with Crippen LogP contribution in [-0.4, -0.2) is 18.8 Å². The molecule has 1 unspecified atom stereocenters. The van der Waals surface area contributed by atoms with Crippen molar-refractivity contribution in [1.82, 2.24) is 5.32 Å². The fourth-order valence-electron chi connectivity index (χ4n) is 2.07. The van der Waals surface area contributed by atoms with Crippen molar-refractivity contribution in [3.8, 4) is 0 Å². The smallest absolute Gasteiger partial charge is 0.0750 e. The van der Waals surface area contributed by atoms with Crippen LogP contribution in [0.25, 0.3) is 0 Å². The van der Waals surface area contributed by atoms with Gasteiger partial charge in [0.15, 0.2) is 0 Å². The molecule has 1 N–H and O–H groups in total. The van der Waals surface area contributed by atoms with Crippen molar-refractivity contribution < 1.29 is 4.74 Å². The van der Waals surface area contributed by atoms with Crippen LogP contribution in [0.1, 0.15) is 45.7 Å². The van der Waals surface area contributed by atoms with Crippen molar-refractivity contribution >= 4 is 23.2 Å². The lowest BCUT2D eigenvalue weighted by molar-refractivity contribution is -0.0107. The number of rotatable bonds is 7. The summed E-state index contributed by atoms with van der Waals surface area (Å²) in [7, 11) is 0. The Morgan fingerprint density at radius 3 is 2.47 bits per heavy atom. The highest BCUT2D eigenvalue weighted by atomic mass is 35.5. The van der Waals surface area contributed by atoms with Gasteiger partial charge >= 0.3 is 0 Å². The summed E-state index contributed by atoms with van der Waals surface area (Å²) in [5, 5.41) is 4.89. The van der Waals surface area contributed by atoms with E-state index in [4.69, 9.17) is 27.9 Å². The van der Waals surface area contributed by atoms with Gasteiger partial charge in [-0.1, -0.05) is 36.2 Å². The number of hydrogen-bond donors (Lipinski definition) is 1. The molecule has 19 heavy (non-hydrogen) atoms. The third-order valence-electron chi connectivity index (χ3n) is 3.06. The van der Waals surface area contributed by atoms with Crippen LogP contribution in [0.5, 0.6) is 0 Å². The molecule has 4 heteroatoms. The third-order valence-corrected chi connectivity index (χ3v) is 3.62. The highest BCUT2D eigenvalue weighted by Gasteiger charge is 2.20. The summed E-state index contributed by atoms with van der Waals surface area (Å²) in [6, 6.07) is 5.86. The van der Waals surface area contributed by atoms with E-state index >= 15 is 0 Å². The molecule has 0 bridgehead atoms. The van der Waals surface area contributed by atoms with Crippen LogP contribution in [0.4, 0.5) is 0 Å². The van der Waals surface area contributed by atoms with Crippen LogP contribution in [0, 0.1) is 0 Å². The summed E-state index contributed by atoms with van der Waals surface area (Å²) in [6.45, 7) is 9.80. The number of nitrogens with one attached hydrogen (secondary N) is 1. The monoisotopic (exact) mass is 303 g/mol. The molecule has 0 heterocycles. The normalized spacial score (nSPS) is 13.6. The molecule has 0 amide bonds. The van der Waals surface area contributed by atoms with Crippen LogP contribution in [0.3, 0.4) is 0 Å². The Bertz CT molecular complexity index is 407. The van der Waals surface area contributed by atoms with Gasteiger partial charge in [0.1, 0.15) is 0 Å². The minimum atomic E-state index is -0.179. The van der Waals surface area contributed by atoms with E-state index in [2.05, 4.69) is 26.1 Å². The zero-order valence-electron chi connectivity index (χ0n) is 12.1. The molecule has 0 spiro atoms. The predicted octanol–water partition coefficient (Wildman–Crippen LogP) is 4.85. The fourth-order valence-corrected chi connectivity index (χ4v) is 2.61. The first kappa shape index (κ1) is 16.8. The van der Waals surface area contributed by atoms with Gasteiger partial charge in [0.05, 0.1) is 5.60 Å². The molecule has 0 aliphatic rings. The van der Waals surface area contributed by atoms with E-state index in [0.717, 1.165) is 18.5 Å². The topological polar surface area (TPSA) is 21.3 Å². The summed E-state index contributed by atoms with van der Waals surface area (Å²) in [5.41, 5.74) is 0.905. The van der Waals surface area contributed by atoms with E-state index in [0.29, 0.717) is 16.7 Å². The van der Waals surface area contributed by atoms with Gasteiger partial charge < -0.3 is 10.1 Å². The molecule has 1 aromatic rings. The maximum atomic E-state index is 6.26. The highest BCUT2D eigenvalue weighted by Crippen LogP contribution is 2.28. The van der Waals surface area contributed by atoms with E-state index < -0.39 is 0 Å². The van der Waals surface area contributed by atoms with Gasteiger partial charge in [-0.15, -0.1) is 0 Å². The summed E-state index contributed by atoms with van der Waals surface area (Å²) < 4.78 is 5.69. The van der Waals surface area contributed by atoms with Crippen molar-refractivity contribution in [1.29, 1.82) is 0 Å². The van der Waals surface area contributed by atoms with Gasteiger partial charge in [0.25, 0.3) is 0 Å². The Morgan fingerprint density at radius 1 is 1.26 bits per heavy atom. The van der Waals surface area contributed by atoms with Crippen molar-refractivity contribution in [3.05, 3.63) is 33.8 Å². The number of hydrogen-bond acceptors (Lipinski definition) is 2. The number of benzene rings is 1. The molecule has 108 valence electrons. The Kier molecular flexibility index (Phi) is 6.61. The van der Waals surface area contributed by atoms with Gasteiger partial charge in [0, 0.05) is 29.2 Å². The van der Waals surface area contributed by atoms with Crippen molar-refractivity contribution in [2.45, 2.75) is 45.8 Å². The first-order valence-corrected chi connectivity index (χ1v) is 7.47. The number of ether oxygens (including phenoxy) is 1. The molecule has 2 nitrogen and oxygen atoms in total. The minimum Gasteiger partial charge on any atom is -0.375 e. The molecule has 1 rings (SSSR count). The standard InChI is InChI=1S/C15H23Cl2NO/c1-5-14(18-10-15(3,4)19-6-2)12-8-7-11(16)9-13(12)17/h7-9,14,18H,5-6,10H2,1-4H3. The zero-order chi connectivity index (χ0) is 14.5. The third kappa shape index (κ3) is 5.31. The summed E-state index contributed by atoms with van der Waals surface area (Å²) in [6.07, 6.45) is 0.962. The van der Waals surface area contributed by atoms with Crippen LogP contribution < -0.4 is 5.32 Å². The molecule has 0 radical (unpaired) electrons. The van der Waals surface area contributed by atoms with Gasteiger partial charge in [-0.05, 0) is 44.9 Å². The maximum absolute atomic E-state index is 6.26. The molecule has 1 atom stereocenters. The van der Waals surface area contributed by atoms with Crippen molar-refractivity contribution in [2.75, 3.05) is 13.2 Å². The molecular weight excluding hydrogens is 281 g/mol. The van der Waals surface area contributed by atoms with Crippen LogP contribution in [0.15, 0.2) is 18.2 Å². The van der Waals surface area contributed by atoms with Crippen molar-refractivity contribution in [3.63, 3.8) is 0 Å². The predicted molar refractivity (Wildman–Crippen MR) is 83.2 cm³/mol. The zero-order valence-corrected chi connectivity index (χ0v) is 13.6. The second-order valence-electron chi connectivity index (χ2n) is 5.20. The van der Waals surface area contributed by atoms with Gasteiger partial charge in [-0.2, -0.15) is 0 Å². The highest BCUT2D eigenvalue weighted by molar-refractivity contribution is 6.35. The quantitative estimate of drug-likeness (QED) is 0.777. The fraction of sp³-hybridized carbons (Fsp3) is 0.600. The molecule has 0 saturated carbocycles. The second-order valence-corrected chi connectivity index (χ2v) is 6.04. The largest absolute Gasteiger partial charge is 0.375 e. The number of halogens is 2. The SMILES string of the molecule is CCOC(C)(C)CNC(CC)c1ccc(Cl)cc1Cl. The Hall–Kier alpha value is -0.280. The van der Waals surface area contributed by atoms with E-state index in [9.17, 15) is 0 Å². The van der Waals surface area contributed by atoms with Crippen molar-refractivity contribution in [2.24, 2.45) is 0 Å². The Morgan fingerprint density at radius 2 is 1.95 bits per heavy atom. The van der Waals surface area contributed by atoms with Crippen LogP contribution in [0.2, 0.25) is 10.0 Å². The Labute approximate surface area is 126 Å². The second kappa shape index (κ2) is 7.49.